The van der Waals surface area contributed by atoms with Crippen molar-refractivity contribution in [2.75, 3.05) is 26.2 Å². The Morgan fingerprint density at radius 2 is 1.93 bits per heavy atom. The number of nitrogens with one attached hydrogen (secondary N) is 1. The molecule has 1 aromatic heterocycles. The maximum atomic E-state index is 12.9. The molecule has 0 spiro atoms. The third-order valence-electron chi connectivity index (χ3n) is 4.51. The predicted octanol–water partition coefficient (Wildman–Crippen LogP) is 3.27. The minimum absolute atomic E-state index is 0.0686. The maximum absolute atomic E-state index is 12.9. The minimum Gasteiger partial charge on any atom is -0.330 e. The van der Waals surface area contributed by atoms with Crippen LogP contribution in [0.4, 0.5) is 4.79 Å². The van der Waals surface area contributed by atoms with Crippen LogP contribution in [-0.4, -0.2) is 54.8 Å². The molecule has 3 rings (SSSR count). The second-order valence-corrected chi connectivity index (χ2v) is 9.62. The van der Waals surface area contributed by atoms with Crippen molar-refractivity contribution in [1.82, 2.24) is 19.5 Å². The largest absolute Gasteiger partial charge is 0.330 e. The Balaban J connectivity index is 1.61. The van der Waals surface area contributed by atoms with Crippen LogP contribution in [0, 0.1) is 0 Å². The van der Waals surface area contributed by atoms with Gasteiger partial charge in [0.25, 0.3) is 0 Å². The summed E-state index contributed by atoms with van der Waals surface area (Å²) in [5, 5.41) is 3.06. The normalized spacial score (nSPS) is 16.6. The number of aromatic nitrogens is 1. The van der Waals surface area contributed by atoms with Crippen LogP contribution >= 0.6 is 27.5 Å². The van der Waals surface area contributed by atoms with E-state index in [0.29, 0.717) is 17.6 Å². The van der Waals surface area contributed by atoms with Crippen molar-refractivity contribution in [2.45, 2.75) is 17.9 Å². The van der Waals surface area contributed by atoms with Crippen molar-refractivity contribution in [1.29, 1.82) is 0 Å². The number of urea groups is 1. The SMILES string of the molecule is CC(NC(=O)N1CCN(S(=O)(=O)c2ccc(Br)cc2Cl)CC1)c1ccccn1. The first-order valence-corrected chi connectivity index (χ1v) is 11.3. The molecule has 150 valence electrons. The summed E-state index contributed by atoms with van der Waals surface area (Å²) < 4.78 is 27.8. The summed E-state index contributed by atoms with van der Waals surface area (Å²) >= 11 is 9.38. The summed E-state index contributed by atoms with van der Waals surface area (Å²) in [6, 6.07) is 9.72. The van der Waals surface area contributed by atoms with Crippen molar-refractivity contribution < 1.29 is 13.2 Å². The number of halogens is 2. The number of rotatable bonds is 4. The van der Waals surface area contributed by atoms with E-state index in [1.165, 1.54) is 10.4 Å². The molecule has 1 aromatic carbocycles. The Hall–Kier alpha value is -1.68. The van der Waals surface area contributed by atoms with Crippen LogP contribution in [0.15, 0.2) is 52.0 Å². The van der Waals surface area contributed by atoms with Crippen molar-refractivity contribution in [2.24, 2.45) is 0 Å². The highest BCUT2D eigenvalue weighted by Crippen LogP contribution is 2.28. The van der Waals surface area contributed by atoms with Gasteiger partial charge in [-0.25, -0.2) is 13.2 Å². The third kappa shape index (κ3) is 4.65. The summed E-state index contributed by atoms with van der Waals surface area (Å²) in [4.78, 5) is 18.4. The van der Waals surface area contributed by atoms with Gasteiger partial charge in [0.05, 0.1) is 16.8 Å². The molecule has 10 heteroatoms. The van der Waals surface area contributed by atoms with E-state index in [4.69, 9.17) is 11.6 Å². The number of sulfonamides is 1. The standard InChI is InChI=1S/C18H20BrClN4O3S/c1-13(16-4-2-3-7-21-16)22-18(25)23-8-10-24(11-9-23)28(26,27)17-6-5-14(19)12-15(17)20/h2-7,12-13H,8-11H2,1H3,(H,22,25). The van der Waals surface area contributed by atoms with E-state index in [9.17, 15) is 13.2 Å². The molecule has 2 heterocycles. The average molecular weight is 488 g/mol. The predicted molar refractivity (Wildman–Crippen MR) is 111 cm³/mol. The smallest absolute Gasteiger partial charge is 0.318 e. The maximum Gasteiger partial charge on any atom is 0.318 e. The Bertz CT molecular complexity index is 951. The van der Waals surface area contributed by atoms with Crippen LogP contribution in [0.3, 0.4) is 0 Å². The molecule has 1 fully saturated rings. The van der Waals surface area contributed by atoms with Gasteiger partial charge >= 0.3 is 6.03 Å². The Kier molecular flexibility index (Phi) is 6.59. The van der Waals surface area contributed by atoms with Crippen LogP contribution in [0.25, 0.3) is 0 Å². The lowest BCUT2D eigenvalue weighted by molar-refractivity contribution is 0.169. The van der Waals surface area contributed by atoms with Crippen molar-refractivity contribution >= 4 is 43.6 Å². The van der Waals surface area contributed by atoms with E-state index >= 15 is 0 Å². The minimum atomic E-state index is -3.71. The van der Waals surface area contributed by atoms with Crippen molar-refractivity contribution in [3.8, 4) is 0 Å². The monoisotopic (exact) mass is 486 g/mol. The van der Waals surface area contributed by atoms with Gasteiger partial charge in [0, 0.05) is 36.8 Å². The number of piperazine rings is 1. The van der Waals surface area contributed by atoms with Crippen molar-refractivity contribution in [3.05, 3.63) is 57.8 Å². The molecule has 1 atom stereocenters. The highest BCUT2D eigenvalue weighted by Gasteiger charge is 2.31. The molecule has 1 aliphatic heterocycles. The first-order chi connectivity index (χ1) is 13.3. The summed E-state index contributed by atoms with van der Waals surface area (Å²) in [7, 11) is -3.71. The van der Waals surface area contributed by atoms with Crippen LogP contribution in [0.5, 0.6) is 0 Å². The van der Waals surface area contributed by atoms with Crippen LogP contribution in [0.2, 0.25) is 5.02 Å². The number of hydrogen-bond acceptors (Lipinski definition) is 4. The molecule has 28 heavy (non-hydrogen) atoms. The Labute approximate surface area is 177 Å². The Morgan fingerprint density at radius 3 is 2.54 bits per heavy atom. The fraction of sp³-hybridized carbons (Fsp3) is 0.333. The molecule has 2 aromatic rings. The van der Waals surface area contributed by atoms with Crippen LogP contribution in [0.1, 0.15) is 18.7 Å². The van der Waals surface area contributed by atoms with Gasteiger partial charge in [-0.3, -0.25) is 4.98 Å². The molecule has 7 nitrogen and oxygen atoms in total. The zero-order valence-corrected chi connectivity index (χ0v) is 18.3. The molecule has 0 saturated carbocycles. The van der Waals surface area contributed by atoms with Gasteiger partial charge in [0.15, 0.2) is 0 Å². The zero-order valence-electron chi connectivity index (χ0n) is 15.2. The number of carbonyl (C=O) groups is 1. The number of nitrogens with zero attached hydrogens (tertiary/aromatic N) is 3. The number of hydrogen-bond donors (Lipinski definition) is 1. The highest BCUT2D eigenvalue weighted by atomic mass is 79.9. The number of pyridine rings is 1. The van der Waals surface area contributed by atoms with Crippen LogP contribution in [-0.2, 0) is 10.0 Å². The molecule has 0 radical (unpaired) electrons. The lowest BCUT2D eigenvalue weighted by Gasteiger charge is -2.34. The van der Waals surface area contributed by atoms with Gasteiger partial charge in [-0.15, -0.1) is 0 Å². The zero-order chi connectivity index (χ0) is 20.3. The molecule has 0 aliphatic carbocycles. The van der Waals surface area contributed by atoms with Gasteiger partial charge in [0.1, 0.15) is 4.90 Å². The third-order valence-corrected chi connectivity index (χ3v) is 7.38. The lowest BCUT2D eigenvalue weighted by atomic mass is 10.2. The highest BCUT2D eigenvalue weighted by molar-refractivity contribution is 9.10. The molecule has 0 bridgehead atoms. The van der Waals surface area contributed by atoms with Gasteiger partial charge in [-0.1, -0.05) is 33.6 Å². The topological polar surface area (TPSA) is 82.6 Å². The van der Waals surface area contributed by atoms with E-state index in [1.807, 2.05) is 25.1 Å². The summed E-state index contributed by atoms with van der Waals surface area (Å²) in [6.45, 7) is 2.87. The van der Waals surface area contributed by atoms with Crippen LogP contribution < -0.4 is 5.32 Å². The Morgan fingerprint density at radius 1 is 1.21 bits per heavy atom. The molecule has 1 N–H and O–H groups in total. The summed E-state index contributed by atoms with van der Waals surface area (Å²) in [6.07, 6.45) is 1.68. The fourth-order valence-corrected chi connectivity index (χ4v) is 5.37. The average Bonchev–Trinajstić information content (AvgIpc) is 2.68. The summed E-state index contributed by atoms with van der Waals surface area (Å²) in [5.41, 5.74) is 0.766. The molecule has 2 amide bonds. The van der Waals surface area contributed by atoms with E-state index < -0.39 is 10.0 Å². The molecule has 1 unspecified atom stereocenters. The van der Waals surface area contributed by atoms with E-state index in [-0.39, 0.29) is 35.1 Å². The molecular weight excluding hydrogens is 468 g/mol. The number of benzene rings is 1. The first-order valence-electron chi connectivity index (χ1n) is 8.70. The molecule has 1 aliphatic rings. The molecule has 1 saturated heterocycles. The lowest BCUT2D eigenvalue weighted by Crippen LogP contribution is -2.53. The second-order valence-electron chi connectivity index (χ2n) is 6.39. The summed E-state index contributed by atoms with van der Waals surface area (Å²) in [5.74, 6) is 0. The van der Waals surface area contributed by atoms with E-state index in [1.54, 1.807) is 23.2 Å². The number of carbonyl (C=O) groups excluding carboxylic acids is 1. The van der Waals surface area contributed by atoms with E-state index in [0.717, 1.165) is 5.69 Å². The van der Waals surface area contributed by atoms with Gasteiger partial charge in [0.2, 0.25) is 10.0 Å². The quantitative estimate of drug-likeness (QED) is 0.717. The van der Waals surface area contributed by atoms with Gasteiger partial charge < -0.3 is 10.2 Å². The number of amides is 2. The molecular formula is C18H20BrClN4O3S. The van der Waals surface area contributed by atoms with E-state index in [2.05, 4.69) is 26.2 Å². The second kappa shape index (κ2) is 8.77. The fourth-order valence-electron chi connectivity index (χ4n) is 2.94. The van der Waals surface area contributed by atoms with Gasteiger partial charge in [-0.05, 0) is 37.3 Å². The first kappa shape index (κ1) is 21.0. The van der Waals surface area contributed by atoms with Crippen molar-refractivity contribution in [3.63, 3.8) is 0 Å². The van der Waals surface area contributed by atoms with Gasteiger partial charge in [-0.2, -0.15) is 4.31 Å².